The topological polar surface area (TPSA) is 78.9 Å². The number of ether oxygens (including phenoxy) is 3. The fraction of sp³-hybridized carbons (Fsp3) is 0.316. The van der Waals surface area contributed by atoms with E-state index in [4.69, 9.17) is 9.47 Å². The molecule has 0 unspecified atom stereocenters. The van der Waals surface area contributed by atoms with E-state index in [1.807, 2.05) is 0 Å². The molecule has 0 fully saturated rings. The minimum atomic E-state index is -1.08. The molecule has 0 saturated heterocycles. The van der Waals surface area contributed by atoms with Crippen molar-refractivity contribution in [2.24, 2.45) is 5.92 Å². The molecule has 0 atom stereocenters. The number of methoxy groups -OCH3 is 1. The molecule has 1 aromatic carbocycles. The Balaban J connectivity index is 2.83. The molecule has 0 aliphatic carbocycles. The Morgan fingerprint density at radius 3 is 1.88 bits per heavy atom. The van der Waals surface area contributed by atoms with Gasteiger partial charge in [-0.15, -0.1) is 0 Å². The van der Waals surface area contributed by atoms with Crippen LogP contribution in [0.2, 0.25) is 0 Å². The first-order valence-electron chi connectivity index (χ1n) is 7.71. The fourth-order valence-electron chi connectivity index (χ4n) is 2.01. The molecule has 25 heavy (non-hydrogen) atoms. The summed E-state index contributed by atoms with van der Waals surface area (Å²) in [6.07, 6.45) is 3.13. The molecule has 134 valence electrons. The third-order valence-corrected chi connectivity index (χ3v) is 3.29. The van der Waals surface area contributed by atoms with E-state index < -0.39 is 17.9 Å². The van der Waals surface area contributed by atoms with Crippen LogP contribution in [0.15, 0.2) is 49.6 Å². The Morgan fingerprint density at radius 2 is 1.44 bits per heavy atom. The van der Waals surface area contributed by atoms with E-state index in [9.17, 15) is 14.4 Å². The van der Waals surface area contributed by atoms with E-state index in [1.54, 1.807) is 24.3 Å². The van der Waals surface area contributed by atoms with Crippen molar-refractivity contribution in [2.75, 3.05) is 20.3 Å². The van der Waals surface area contributed by atoms with Crippen molar-refractivity contribution in [2.45, 2.75) is 12.8 Å². The first-order valence-corrected chi connectivity index (χ1v) is 7.71. The third kappa shape index (κ3) is 7.03. The molecule has 0 heterocycles. The Kier molecular flexibility index (Phi) is 8.71. The van der Waals surface area contributed by atoms with E-state index in [1.165, 1.54) is 19.3 Å². The zero-order valence-corrected chi connectivity index (χ0v) is 14.2. The van der Waals surface area contributed by atoms with Gasteiger partial charge in [0, 0.05) is 0 Å². The first kappa shape index (κ1) is 20.2. The highest BCUT2D eigenvalue weighted by Gasteiger charge is 2.29. The van der Waals surface area contributed by atoms with Gasteiger partial charge >= 0.3 is 17.9 Å². The van der Waals surface area contributed by atoms with Crippen LogP contribution in [0.25, 0.3) is 0 Å². The molecule has 0 N–H and O–H groups in total. The highest BCUT2D eigenvalue weighted by atomic mass is 16.6. The van der Waals surface area contributed by atoms with Crippen LogP contribution in [-0.4, -0.2) is 38.2 Å². The second-order valence-corrected chi connectivity index (χ2v) is 5.16. The van der Waals surface area contributed by atoms with Crippen molar-refractivity contribution in [3.05, 3.63) is 60.7 Å². The number of hydrogen-bond donors (Lipinski definition) is 0. The number of benzene rings is 1. The molecule has 0 bridgehead atoms. The Labute approximate surface area is 147 Å². The number of hydrogen-bond acceptors (Lipinski definition) is 6. The smallest absolute Gasteiger partial charge is 0.320 e. The molecule has 6 nitrogen and oxygen atoms in total. The number of carbonyl (C=O) groups excluding carboxylic acids is 3. The molecule has 0 saturated carbocycles. The van der Waals surface area contributed by atoms with Gasteiger partial charge in [0.15, 0.2) is 5.92 Å². The van der Waals surface area contributed by atoms with Crippen molar-refractivity contribution in [1.82, 2.24) is 0 Å². The maximum atomic E-state index is 12.1. The van der Waals surface area contributed by atoms with Gasteiger partial charge in [-0.25, -0.2) is 0 Å². The maximum Gasteiger partial charge on any atom is 0.320 e. The molecule has 0 radical (unpaired) electrons. The Morgan fingerprint density at radius 1 is 0.960 bits per heavy atom. The van der Waals surface area contributed by atoms with Crippen LogP contribution in [0.1, 0.15) is 11.1 Å². The molecule has 0 amide bonds. The second kappa shape index (κ2) is 10.8. The van der Waals surface area contributed by atoms with E-state index in [0.29, 0.717) is 0 Å². The summed E-state index contributed by atoms with van der Waals surface area (Å²) >= 11 is 0. The minimum absolute atomic E-state index is 0.0160. The summed E-state index contributed by atoms with van der Waals surface area (Å²) < 4.78 is 14.6. The lowest BCUT2D eigenvalue weighted by Gasteiger charge is -2.14. The van der Waals surface area contributed by atoms with Gasteiger partial charge in [0.25, 0.3) is 0 Å². The Hall–Kier alpha value is -2.89. The van der Waals surface area contributed by atoms with Crippen molar-refractivity contribution in [3.8, 4) is 0 Å². The number of rotatable bonds is 10. The summed E-state index contributed by atoms with van der Waals surface area (Å²) in [6.45, 7) is 6.96. The molecule has 0 spiro atoms. The Bertz CT molecular complexity index is 593. The lowest BCUT2D eigenvalue weighted by molar-refractivity contribution is -0.160. The van der Waals surface area contributed by atoms with Gasteiger partial charge in [-0.3, -0.25) is 14.4 Å². The lowest BCUT2D eigenvalue weighted by atomic mass is 9.98. The lowest BCUT2D eigenvalue weighted by Crippen LogP contribution is -2.30. The van der Waals surface area contributed by atoms with Crippen LogP contribution in [0.5, 0.6) is 0 Å². The average Bonchev–Trinajstić information content (AvgIpc) is 2.63. The van der Waals surface area contributed by atoms with Crippen molar-refractivity contribution in [1.29, 1.82) is 0 Å². The predicted octanol–water partition coefficient (Wildman–Crippen LogP) is 2.02. The van der Waals surface area contributed by atoms with E-state index in [0.717, 1.165) is 11.1 Å². The molecular weight excluding hydrogens is 324 g/mol. The van der Waals surface area contributed by atoms with Crippen LogP contribution >= 0.6 is 0 Å². The van der Waals surface area contributed by atoms with Crippen LogP contribution in [0.4, 0.5) is 0 Å². The molecule has 0 aliphatic heterocycles. The average molecular weight is 346 g/mol. The number of esters is 3. The predicted molar refractivity (Wildman–Crippen MR) is 91.7 cm³/mol. The van der Waals surface area contributed by atoms with Crippen LogP contribution < -0.4 is 0 Å². The van der Waals surface area contributed by atoms with Crippen LogP contribution in [0.3, 0.4) is 0 Å². The van der Waals surface area contributed by atoms with Crippen LogP contribution in [-0.2, 0) is 41.4 Å². The third-order valence-electron chi connectivity index (χ3n) is 3.29. The molecule has 0 aromatic heterocycles. The summed E-state index contributed by atoms with van der Waals surface area (Å²) in [4.78, 5) is 35.5. The molecule has 0 aliphatic rings. The summed E-state index contributed by atoms with van der Waals surface area (Å²) in [6, 6.07) is 6.97. The van der Waals surface area contributed by atoms with Crippen molar-refractivity contribution in [3.63, 3.8) is 0 Å². The largest absolute Gasteiger partial charge is 0.469 e. The molecule has 1 rings (SSSR count). The summed E-state index contributed by atoms with van der Waals surface area (Å²) in [5.41, 5.74) is 1.51. The van der Waals surface area contributed by atoms with E-state index in [2.05, 4.69) is 17.9 Å². The second-order valence-electron chi connectivity index (χ2n) is 5.16. The van der Waals surface area contributed by atoms with E-state index >= 15 is 0 Å². The highest BCUT2D eigenvalue weighted by Crippen LogP contribution is 2.15. The van der Waals surface area contributed by atoms with Gasteiger partial charge < -0.3 is 14.2 Å². The van der Waals surface area contributed by atoms with Gasteiger partial charge in [-0.05, 0) is 17.5 Å². The zero-order chi connectivity index (χ0) is 18.7. The normalized spacial score (nSPS) is 10.0. The maximum absolute atomic E-state index is 12.1. The fourth-order valence-corrected chi connectivity index (χ4v) is 2.01. The summed E-state index contributed by atoms with van der Waals surface area (Å²) in [5, 5.41) is 0. The number of carbonyl (C=O) groups is 3. The minimum Gasteiger partial charge on any atom is -0.469 e. The first-order chi connectivity index (χ1) is 12.0. The van der Waals surface area contributed by atoms with Crippen LogP contribution in [0, 0.1) is 5.92 Å². The standard InChI is InChI=1S/C19H22O6/c1-4-10-24-18(21)16(19(22)25-11-5-2)12-14-6-8-15(9-7-14)13-17(20)23-3/h4-9,16H,1-2,10-13H2,3H3. The van der Waals surface area contributed by atoms with Gasteiger partial charge in [0.1, 0.15) is 13.2 Å². The van der Waals surface area contributed by atoms with E-state index in [-0.39, 0.29) is 32.0 Å². The molecule has 6 heteroatoms. The van der Waals surface area contributed by atoms with Gasteiger partial charge in [0.2, 0.25) is 0 Å². The SMILES string of the molecule is C=CCOC(=O)C(Cc1ccc(CC(=O)OC)cc1)C(=O)OCC=C. The zero-order valence-electron chi connectivity index (χ0n) is 14.2. The summed E-state index contributed by atoms with van der Waals surface area (Å²) in [7, 11) is 1.32. The van der Waals surface area contributed by atoms with Gasteiger partial charge in [-0.2, -0.15) is 0 Å². The monoisotopic (exact) mass is 346 g/mol. The quantitative estimate of drug-likeness (QED) is 0.279. The molecular formula is C19H22O6. The molecule has 1 aromatic rings. The van der Waals surface area contributed by atoms with Crippen molar-refractivity contribution < 1.29 is 28.6 Å². The van der Waals surface area contributed by atoms with Gasteiger partial charge in [0.05, 0.1) is 13.5 Å². The van der Waals surface area contributed by atoms with Crippen molar-refractivity contribution >= 4 is 17.9 Å². The van der Waals surface area contributed by atoms with Gasteiger partial charge in [-0.1, -0.05) is 49.6 Å². The summed E-state index contributed by atoms with van der Waals surface area (Å²) in [5.74, 6) is -2.77. The highest BCUT2D eigenvalue weighted by molar-refractivity contribution is 5.95.